The standard InChI is InChI=1S/C25H18F3N5O2S4/c26-25(27,28)15-3-1-2-4-16(15)31-22(35)12-37-24-33-18-8-6-14(10-20(18)39-24)30-21(34)11-36-23-32-17-7-5-13(29)9-19(17)38-23/h1-10H,11-12,29H2,(H,30,34)(H,31,35). The lowest BCUT2D eigenvalue weighted by atomic mass is 10.1. The molecule has 2 aromatic heterocycles. The summed E-state index contributed by atoms with van der Waals surface area (Å²) in [6.07, 6.45) is -4.57. The zero-order chi connectivity index (χ0) is 27.6. The Hall–Kier alpha value is -3.33. The summed E-state index contributed by atoms with van der Waals surface area (Å²) in [6.45, 7) is 0. The van der Waals surface area contributed by atoms with Gasteiger partial charge in [-0.25, -0.2) is 9.97 Å². The molecule has 7 nitrogen and oxygen atoms in total. The van der Waals surface area contributed by atoms with E-state index in [0.29, 0.717) is 21.2 Å². The van der Waals surface area contributed by atoms with E-state index in [4.69, 9.17) is 5.73 Å². The molecule has 0 radical (unpaired) electrons. The molecule has 0 saturated carbocycles. The van der Waals surface area contributed by atoms with Crippen LogP contribution in [0.4, 0.5) is 30.2 Å². The topological polar surface area (TPSA) is 110 Å². The molecule has 200 valence electrons. The number of para-hydroxylation sites is 1. The van der Waals surface area contributed by atoms with E-state index in [-0.39, 0.29) is 23.1 Å². The minimum absolute atomic E-state index is 0.106. The Morgan fingerprint density at radius 1 is 0.821 bits per heavy atom. The number of nitrogens with zero attached hydrogens (tertiary/aromatic N) is 2. The second-order valence-corrected chi connectivity index (χ2v) is 12.6. The van der Waals surface area contributed by atoms with Gasteiger partial charge in [0.25, 0.3) is 0 Å². The first-order valence-corrected chi connectivity index (χ1v) is 14.8. The molecule has 0 aliphatic heterocycles. The maximum Gasteiger partial charge on any atom is 0.418 e. The van der Waals surface area contributed by atoms with Crippen molar-refractivity contribution in [1.29, 1.82) is 0 Å². The molecule has 5 aromatic rings. The zero-order valence-electron chi connectivity index (χ0n) is 19.7. The molecule has 0 saturated heterocycles. The Bertz CT molecular complexity index is 1690. The molecule has 4 N–H and O–H groups in total. The molecule has 0 bridgehead atoms. The maximum absolute atomic E-state index is 13.2. The fraction of sp³-hybridized carbons (Fsp3) is 0.120. The van der Waals surface area contributed by atoms with Crippen LogP contribution >= 0.6 is 46.2 Å². The van der Waals surface area contributed by atoms with Crippen molar-refractivity contribution < 1.29 is 22.8 Å². The Balaban J connectivity index is 1.16. The summed E-state index contributed by atoms with van der Waals surface area (Å²) in [5.41, 5.74) is 7.41. The highest BCUT2D eigenvalue weighted by Crippen LogP contribution is 2.35. The summed E-state index contributed by atoms with van der Waals surface area (Å²) in [4.78, 5) is 33.8. The van der Waals surface area contributed by atoms with Gasteiger partial charge in [0, 0.05) is 11.4 Å². The molecule has 2 heterocycles. The highest BCUT2D eigenvalue weighted by Gasteiger charge is 2.33. The number of hydrogen-bond donors (Lipinski definition) is 3. The monoisotopic (exact) mass is 605 g/mol. The van der Waals surface area contributed by atoms with Gasteiger partial charge in [0.2, 0.25) is 11.8 Å². The molecule has 3 aromatic carbocycles. The number of halogens is 3. The van der Waals surface area contributed by atoms with Gasteiger partial charge in [-0.3, -0.25) is 9.59 Å². The first kappa shape index (κ1) is 27.2. The molecule has 14 heteroatoms. The van der Waals surface area contributed by atoms with Crippen molar-refractivity contribution in [3.8, 4) is 0 Å². The van der Waals surface area contributed by atoms with Crippen LogP contribution in [0.2, 0.25) is 0 Å². The SMILES string of the molecule is Nc1ccc2nc(SCC(=O)Nc3ccc4nc(SCC(=O)Nc5ccccc5C(F)(F)F)sc4c3)sc2c1. The van der Waals surface area contributed by atoms with Crippen LogP contribution in [-0.4, -0.2) is 33.3 Å². The van der Waals surface area contributed by atoms with Gasteiger partial charge in [-0.2, -0.15) is 13.2 Å². The van der Waals surface area contributed by atoms with Crippen LogP contribution in [0, 0.1) is 0 Å². The molecular formula is C25H18F3N5O2S4. The number of benzene rings is 3. The predicted molar refractivity (Wildman–Crippen MR) is 154 cm³/mol. The smallest absolute Gasteiger partial charge is 0.399 e. The number of thiazole rings is 2. The Labute approximate surface area is 236 Å². The van der Waals surface area contributed by atoms with Crippen LogP contribution in [0.3, 0.4) is 0 Å². The van der Waals surface area contributed by atoms with Crippen LogP contribution < -0.4 is 16.4 Å². The molecule has 0 spiro atoms. The number of rotatable bonds is 8. The van der Waals surface area contributed by atoms with Crippen LogP contribution in [0.1, 0.15) is 5.56 Å². The minimum Gasteiger partial charge on any atom is -0.399 e. The second-order valence-electron chi connectivity index (χ2n) is 8.09. The number of carbonyl (C=O) groups excluding carboxylic acids is 2. The number of nitrogens with one attached hydrogen (secondary N) is 2. The summed E-state index contributed by atoms with van der Waals surface area (Å²) in [6, 6.07) is 15.6. The van der Waals surface area contributed by atoms with E-state index in [9.17, 15) is 22.8 Å². The maximum atomic E-state index is 13.2. The van der Waals surface area contributed by atoms with Crippen molar-refractivity contribution in [3.05, 3.63) is 66.2 Å². The average molecular weight is 606 g/mol. The summed E-state index contributed by atoms with van der Waals surface area (Å²) in [5, 5.41) is 5.19. The van der Waals surface area contributed by atoms with E-state index in [1.807, 2.05) is 12.1 Å². The van der Waals surface area contributed by atoms with Crippen LogP contribution in [-0.2, 0) is 15.8 Å². The number of nitrogens with two attached hydrogens (primary N) is 1. The Morgan fingerprint density at radius 2 is 1.41 bits per heavy atom. The van der Waals surface area contributed by atoms with Crippen LogP contribution in [0.5, 0.6) is 0 Å². The zero-order valence-corrected chi connectivity index (χ0v) is 23.0. The summed E-state index contributed by atoms with van der Waals surface area (Å²) in [7, 11) is 0. The van der Waals surface area contributed by atoms with Crippen molar-refractivity contribution in [1.82, 2.24) is 9.97 Å². The van der Waals surface area contributed by atoms with E-state index in [2.05, 4.69) is 20.6 Å². The van der Waals surface area contributed by atoms with Crippen molar-refractivity contribution in [2.75, 3.05) is 27.9 Å². The van der Waals surface area contributed by atoms with E-state index >= 15 is 0 Å². The highest BCUT2D eigenvalue weighted by atomic mass is 32.2. The lowest BCUT2D eigenvalue weighted by molar-refractivity contribution is -0.137. The number of thioether (sulfide) groups is 2. The number of nitrogen functional groups attached to an aromatic ring is 1. The van der Waals surface area contributed by atoms with Gasteiger partial charge in [0.1, 0.15) is 0 Å². The lowest BCUT2D eigenvalue weighted by Crippen LogP contribution is -2.18. The molecule has 0 aliphatic carbocycles. The summed E-state index contributed by atoms with van der Waals surface area (Å²) >= 11 is 5.27. The fourth-order valence-corrected chi connectivity index (χ4v) is 7.33. The predicted octanol–water partition coefficient (Wildman–Crippen LogP) is 6.97. The van der Waals surface area contributed by atoms with Crippen molar-refractivity contribution >= 4 is 95.5 Å². The molecule has 0 aliphatic rings. The van der Waals surface area contributed by atoms with Gasteiger partial charge < -0.3 is 16.4 Å². The van der Waals surface area contributed by atoms with Gasteiger partial charge >= 0.3 is 6.18 Å². The number of anilines is 3. The first-order valence-electron chi connectivity index (χ1n) is 11.2. The normalized spacial score (nSPS) is 11.7. The number of amides is 2. The second kappa shape index (κ2) is 11.4. The number of aromatic nitrogens is 2. The fourth-order valence-electron chi connectivity index (χ4n) is 3.50. The van der Waals surface area contributed by atoms with E-state index in [1.165, 1.54) is 52.6 Å². The van der Waals surface area contributed by atoms with Crippen LogP contribution in [0.15, 0.2) is 69.3 Å². The molecule has 0 fully saturated rings. The average Bonchev–Trinajstić information content (AvgIpc) is 3.48. The Morgan fingerprint density at radius 3 is 2.08 bits per heavy atom. The number of fused-ring (bicyclic) bond motifs is 2. The summed E-state index contributed by atoms with van der Waals surface area (Å²) < 4.78 is 42.6. The minimum atomic E-state index is -4.57. The van der Waals surface area contributed by atoms with Crippen molar-refractivity contribution in [2.45, 2.75) is 14.9 Å². The third-order valence-corrected chi connectivity index (χ3v) is 9.53. The van der Waals surface area contributed by atoms with E-state index in [0.717, 1.165) is 37.1 Å². The molecule has 0 unspecified atom stereocenters. The van der Waals surface area contributed by atoms with Gasteiger partial charge in [-0.1, -0.05) is 35.7 Å². The third-order valence-electron chi connectivity index (χ3n) is 5.21. The number of alkyl halides is 3. The highest BCUT2D eigenvalue weighted by molar-refractivity contribution is 8.02. The quantitative estimate of drug-likeness (QED) is 0.129. The van der Waals surface area contributed by atoms with Gasteiger partial charge in [-0.05, 0) is 48.5 Å². The number of hydrogen-bond acceptors (Lipinski definition) is 9. The van der Waals surface area contributed by atoms with Gasteiger partial charge in [0.05, 0.1) is 43.2 Å². The first-order chi connectivity index (χ1) is 18.6. The molecular weight excluding hydrogens is 588 g/mol. The van der Waals surface area contributed by atoms with Crippen molar-refractivity contribution in [3.63, 3.8) is 0 Å². The third kappa shape index (κ3) is 6.82. The lowest BCUT2D eigenvalue weighted by Gasteiger charge is -2.13. The van der Waals surface area contributed by atoms with E-state index < -0.39 is 17.6 Å². The Kier molecular flexibility index (Phi) is 7.98. The number of carbonyl (C=O) groups is 2. The summed E-state index contributed by atoms with van der Waals surface area (Å²) in [5.74, 6) is -0.680. The van der Waals surface area contributed by atoms with Crippen LogP contribution in [0.25, 0.3) is 20.4 Å². The van der Waals surface area contributed by atoms with E-state index in [1.54, 1.807) is 24.3 Å². The van der Waals surface area contributed by atoms with Gasteiger partial charge in [-0.15, -0.1) is 22.7 Å². The molecule has 5 rings (SSSR count). The molecule has 39 heavy (non-hydrogen) atoms. The van der Waals surface area contributed by atoms with Crippen molar-refractivity contribution in [2.24, 2.45) is 0 Å². The van der Waals surface area contributed by atoms with Gasteiger partial charge in [0.15, 0.2) is 8.68 Å². The molecule has 2 amide bonds. The largest absolute Gasteiger partial charge is 0.418 e. The molecule has 0 atom stereocenters.